The Kier molecular flexibility index (Phi) is 4.53. The number of hydrogen-bond acceptors (Lipinski definition) is 3. The molecule has 1 saturated heterocycles. The summed E-state index contributed by atoms with van der Waals surface area (Å²) < 4.78 is 4.61. The molecule has 1 amide bonds. The molecule has 1 rings (SSSR count). The number of amides is 1. The minimum atomic E-state index is -0.481. The predicted molar refractivity (Wildman–Crippen MR) is 36.2 cm³/mol. The summed E-state index contributed by atoms with van der Waals surface area (Å²) in [6.45, 7) is 4.04. The van der Waals surface area contributed by atoms with E-state index in [-0.39, 0.29) is 12.7 Å². The van der Waals surface area contributed by atoms with Crippen molar-refractivity contribution in [2.45, 2.75) is 6.10 Å². The molecule has 1 aliphatic rings. The predicted octanol–water partition coefficient (Wildman–Crippen LogP) is -0.965. The Morgan fingerprint density at radius 1 is 2.00 bits per heavy atom. The van der Waals surface area contributed by atoms with Crippen LogP contribution in [0.3, 0.4) is 0 Å². The van der Waals surface area contributed by atoms with Crippen molar-refractivity contribution in [2.24, 2.45) is 5.73 Å². The summed E-state index contributed by atoms with van der Waals surface area (Å²) in [7, 11) is 0. The van der Waals surface area contributed by atoms with Crippen LogP contribution in [-0.2, 0) is 9.53 Å². The monoisotopic (exact) mass is 145 g/mol. The Bertz CT molecular complexity index is 120. The van der Waals surface area contributed by atoms with Gasteiger partial charge in [0.2, 0.25) is 5.91 Å². The topological polar surface area (TPSA) is 75.9 Å². The fourth-order valence-corrected chi connectivity index (χ4v) is 0.173. The van der Waals surface area contributed by atoms with Gasteiger partial charge < -0.3 is 15.6 Å². The highest BCUT2D eigenvalue weighted by Crippen LogP contribution is 2.04. The van der Waals surface area contributed by atoms with E-state index in [0.29, 0.717) is 0 Å². The molecule has 0 radical (unpaired) electrons. The quantitative estimate of drug-likeness (QED) is 0.388. The standard InChI is InChI=1S/C3H5NO.C3H6O2/c1-2-3(4)5;4-1-3-2-5-3/h2H,1H2,(H2,4,5);3-4H,1-2H2. The van der Waals surface area contributed by atoms with Gasteiger partial charge in [0, 0.05) is 0 Å². The molecular weight excluding hydrogens is 134 g/mol. The van der Waals surface area contributed by atoms with Gasteiger partial charge in [-0.15, -0.1) is 0 Å². The van der Waals surface area contributed by atoms with Crippen LogP contribution in [0.1, 0.15) is 0 Å². The molecule has 10 heavy (non-hydrogen) atoms. The SMILES string of the molecule is C=CC(N)=O.OCC1CO1. The summed E-state index contributed by atoms with van der Waals surface area (Å²) in [6.07, 6.45) is 1.25. The van der Waals surface area contributed by atoms with E-state index >= 15 is 0 Å². The number of ether oxygens (including phenoxy) is 1. The van der Waals surface area contributed by atoms with Crippen molar-refractivity contribution in [1.82, 2.24) is 0 Å². The van der Waals surface area contributed by atoms with Crippen molar-refractivity contribution < 1.29 is 14.6 Å². The number of carbonyl (C=O) groups is 1. The van der Waals surface area contributed by atoms with Gasteiger partial charge in [-0.05, 0) is 6.08 Å². The number of epoxide rings is 1. The van der Waals surface area contributed by atoms with Crippen LogP contribution in [0.15, 0.2) is 12.7 Å². The number of aliphatic hydroxyl groups is 1. The van der Waals surface area contributed by atoms with E-state index < -0.39 is 5.91 Å². The first kappa shape index (κ1) is 9.13. The highest BCUT2D eigenvalue weighted by atomic mass is 16.6. The van der Waals surface area contributed by atoms with Gasteiger partial charge in [0.15, 0.2) is 0 Å². The van der Waals surface area contributed by atoms with Gasteiger partial charge in [-0.2, -0.15) is 0 Å². The lowest BCUT2D eigenvalue weighted by Crippen LogP contribution is -2.04. The minimum absolute atomic E-state index is 0.190. The van der Waals surface area contributed by atoms with Crippen molar-refractivity contribution in [3.63, 3.8) is 0 Å². The summed E-state index contributed by atoms with van der Waals surface area (Å²) in [5.41, 5.74) is 4.53. The lowest BCUT2D eigenvalue weighted by atomic mass is 10.5. The third-order valence-electron chi connectivity index (χ3n) is 0.807. The van der Waals surface area contributed by atoms with Gasteiger partial charge in [-0.1, -0.05) is 6.58 Å². The van der Waals surface area contributed by atoms with Crippen LogP contribution in [-0.4, -0.2) is 30.3 Å². The maximum atomic E-state index is 9.47. The van der Waals surface area contributed by atoms with Crippen LogP contribution in [0.25, 0.3) is 0 Å². The molecule has 1 unspecified atom stereocenters. The van der Waals surface area contributed by atoms with Crippen molar-refractivity contribution >= 4 is 5.91 Å². The normalized spacial score (nSPS) is 20.3. The number of rotatable bonds is 2. The highest BCUT2D eigenvalue weighted by molar-refractivity contribution is 5.84. The van der Waals surface area contributed by atoms with Crippen molar-refractivity contribution in [3.8, 4) is 0 Å². The summed E-state index contributed by atoms with van der Waals surface area (Å²) in [5, 5.41) is 8.08. The molecule has 0 saturated carbocycles. The fraction of sp³-hybridized carbons (Fsp3) is 0.500. The van der Waals surface area contributed by atoms with E-state index in [0.717, 1.165) is 12.7 Å². The van der Waals surface area contributed by atoms with Crippen LogP contribution in [0.4, 0.5) is 0 Å². The number of aliphatic hydroxyl groups excluding tert-OH is 1. The molecule has 1 fully saturated rings. The molecule has 1 atom stereocenters. The van der Waals surface area contributed by atoms with Crippen LogP contribution >= 0.6 is 0 Å². The number of hydrogen-bond donors (Lipinski definition) is 2. The van der Waals surface area contributed by atoms with E-state index in [2.05, 4.69) is 17.0 Å². The Hall–Kier alpha value is -0.870. The van der Waals surface area contributed by atoms with E-state index in [1.54, 1.807) is 0 Å². The zero-order chi connectivity index (χ0) is 7.98. The Morgan fingerprint density at radius 2 is 2.40 bits per heavy atom. The zero-order valence-electron chi connectivity index (χ0n) is 5.62. The molecular formula is C6H11NO3. The van der Waals surface area contributed by atoms with Gasteiger partial charge in [-0.3, -0.25) is 4.79 Å². The minimum Gasteiger partial charge on any atom is -0.394 e. The number of primary amides is 1. The highest BCUT2D eigenvalue weighted by Gasteiger charge is 2.19. The van der Waals surface area contributed by atoms with Crippen LogP contribution in [0.2, 0.25) is 0 Å². The van der Waals surface area contributed by atoms with Crippen molar-refractivity contribution in [2.75, 3.05) is 13.2 Å². The first-order valence-electron chi connectivity index (χ1n) is 2.85. The van der Waals surface area contributed by atoms with Gasteiger partial charge in [0.1, 0.15) is 6.10 Å². The molecule has 4 nitrogen and oxygen atoms in total. The number of nitrogens with two attached hydrogens (primary N) is 1. The molecule has 0 bridgehead atoms. The maximum Gasteiger partial charge on any atom is 0.240 e. The summed E-state index contributed by atoms with van der Waals surface area (Å²) in [4.78, 5) is 9.47. The summed E-state index contributed by atoms with van der Waals surface area (Å²) >= 11 is 0. The molecule has 0 aromatic heterocycles. The van der Waals surface area contributed by atoms with E-state index in [1.807, 2.05) is 0 Å². The number of carbonyl (C=O) groups excluding carboxylic acids is 1. The summed E-state index contributed by atoms with van der Waals surface area (Å²) in [6, 6.07) is 0. The maximum absolute atomic E-state index is 9.47. The van der Waals surface area contributed by atoms with Gasteiger partial charge in [0.25, 0.3) is 0 Å². The Balaban J connectivity index is 0.000000162. The molecule has 0 aromatic rings. The van der Waals surface area contributed by atoms with E-state index in [1.165, 1.54) is 0 Å². The molecule has 1 aliphatic heterocycles. The second-order valence-electron chi connectivity index (χ2n) is 1.74. The second-order valence-corrected chi connectivity index (χ2v) is 1.74. The lowest BCUT2D eigenvalue weighted by molar-refractivity contribution is -0.113. The zero-order valence-corrected chi connectivity index (χ0v) is 5.62. The van der Waals surface area contributed by atoms with Crippen LogP contribution < -0.4 is 5.73 Å². The van der Waals surface area contributed by atoms with Gasteiger partial charge >= 0.3 is 0 Å². The average Bonchev–Trinajstić information content (AvgIpc) is 2.70. The largest absolute Gasteiger partial charge is 0.394 e. The smallest absolute Gasteiger partial charge is 0.240 e. The molecule has 1 heterocycles. The van der Waals surface area contributed by atoms with Crippen LogP contribution in [0.5, 0.6) is 0 Å². The lowest BCUT2D eigenvalue weighted by Gasteiger charge is -1.70. The Labute approximate surface area is 59.3 Å². The molecule has 0 spiro atoms. The van der Waals surface area contributed by atoms with E-state index in [9.17, 15) is 4.79 Å². The third kappa shape index (κ3) is 7.13. The average molecular weight is 145 g/mol. The molecule has 4 heteroatoms. The summed E-state index contributed by atoms with van der Waals surface area (Å²) in [5.74, 6) is -0.481. The second kappa shape index (κ2) is 4.96. The first-order chi connectivity index (χ1) is 4.70. The molecule has 3 N–H and O–H groups in total. The first-order valence-corrected chi connectivity index (χ1v) is 2.85. The third-order valence-corrected chi connectivity index (χ3v) is 0.807. The van der Waals surface area contributed by atoms with Crippen molar-refractivity contribution in [3.05, 3.63) is 12.7 Å². The Morgan fingerprint density at radius 3 is 2.40 bits per heavy atom. The fourth-order valence-electron chi connectivity index (χ4n) is 0.173. The molecule has 0 aliphatic carbocycles. The molecule has 0 aromatic carbocycles. The van der Waals surface area contributed by atoms with Crippen LogP contribution in [0, 0.1) is 0 Å². The van der Waals surface area contributed by atoms with Gasteiger partial charge in [-0.25, -0.2) is 0 Å². The van der Waals surface area contributed by atoms with E-state index in [4.69, 9.17) is 5.11 Å². The molecule has 58 valence electrons. The van der Waals surface area contributed by atoms with Crippen molar-refractivity contribution in [1.29, 1.82) is 0 Å². The van der Waals surface area contributed by atoms with Gasteiger partial charge in [0.05, 0.1) is 13.2 Å².